The molecule has 28 heavy (non-hydrogen) atoms. The SMILES string of the molecule is CN=C(NCC(C)Oc1ccccc1OC)N1CCOC(C2CCCO2)C1.I. The number of guanidine groups is 1. The molecule has 2 heterocycles. The van der Waals surface area contributed by atoms with Gasteiger partial charge in [-0.05, 0) is 31.9 Å². The minimum absolute atomic E-state index is 0. The summed E-state index contributed by atoms with van der Waals surface area (Å²) in [5.41, 5.74) is 0. The van der Waals surface area contributed by atoms with Gasteiger partial charge in [0.1, 0.15) is 12.2 Å². The predicted octanol–water partition coefficient (Wildman–Crippen LogP) is 2.54. The van der Waals surface area contributed by atoms with Crippen LogP contribution in [-0.2, 0) is 9.47 Å². The summed E-state index contributed by atoms with van der Waals surface area (Å²) in [5.74, 6) is 2.35. The Kier molecular flexibility index (Phi) is 9.60. The normalized spacial score (nSPS) is 23.7. The minimum Gasteiger partial charge on any atom is -0.493 e. The molecule has 1 N–H and O–H groups in total. The molecular formula is C20H32IN3O4. The second-order valence-electron chi connectivity index (χ2n) is 6.91. The number of benzene rings is 1. The van der Waals surface area contributed by atoms with Gasteiger partial charge in [0.15, 0.2) is 17.5 Å². The maximum atomic E-state index is 6.02. The first-order valence-corrected chi connectivity index (χ1v) is 9.69. The molecule has 8 heteroatoms. The lowest BCUT2D eigenvalue weighted by molar-refractivity contribution is -0.0817. The number of ether oxygens (including phenoxy) is 4. The van der Waals surface area contributed by atoms with Crippen LogP contribution in [0.15, 0.2) is 29.3 Å². The zero-order chi connectivity index (χ0) is 19.1. The Morgan fingerprint density at radius 3 is 2.68 bits per heavy atom. The Balaban J connectivity index is 0.00000280. The van der Waals surface area contributed by atoms with E-state index >= 15 is 0 Å². The van der Waals surface area contributed by atoms with Crippen LogP contribution >= 0.6 is 24.0 Å². The number of aliphatic imine (C=N–C) groups is 1. The summed E-state index contributed by atoms with van der Waals surface area (Å²) in [6, 6.07) is 7.68. The van der Waals surface area contributed by atoms with Crippen molar-refractivity contribution in [3.63, 3.8) is 0 Å². The van der Waals surface area contributed by atoms with Crippen LogP contribution < -0.4 is 14.8 Å². The number of para-hydroxylation sites is 2. The van der Waals surface area contributed by atoms with Crippen molar-refractivity contribution in [1.29, 1.82) is 0 Å². The Bertz CT molecular complexity index is 625. The van der Waals surface area contributed by atoms with E-state index in [1.54, 1.807) is 7.11 Å². The van der Waals surface area contributed by atoms with E-state index in [0.717, 1.165) is 50.0 Å². The number of nitrogens with one attached hydrogen (secondary N) is 1. The third-order valence-electron chi connectivity index (χ3n) is 4.93. The molecule has 0 aliphatic carbocycles. The van der Waals surface area contributed by atoms with Gasteiger partial charge in [-0.2, -0.15) is 0 Å². The van der Waals surface area contributed by atoms with Crippen molar-refractivity contribution >= 4 is 29.9 Å². The highest BCUT2D eigenvalue weighted by molar-refractivity contribution is 14.0. The van der Waals surface area contributed by atoms with Gasteiger partial charge >= 0.3 is 0 Å². The number of methoxy groups -OCH3 is 1. The van der Waals surface area contributed by atoms with Crippen LogP contribution in [0.25, 0.3) is 0 Å². The van der Waals surface area contributed by atoms with Gasteiger partial charge in [0.25, 0.3) is 0 Å². The molecule has 7 nitrogen and oxygen atoms in total. The van der Waals surface area contributed by atoms with Gasteiger partial charge in [0.2, 0.25) is 0 Å². The zero-order valence-corrected chi connectivity index (χ0v) is 19.3. The lowest BCUT2D eigenvalue weighted by Crippen LogP contribution is -2.54. The summed E-state index contributed by atoms with van der Waals surface area (Å²) in [5, 5.41) is 3.42. The molecule has 0 bridgehead atoms. The third kappa shape index (κ3) is 6.12. The van der Waals surface area contributed by atoms with E-state index < -0.39 is 0 Å². The second kappa shape index (κ2) is 11.7. The molecule has 3 rings (SSSR count). The molecule has 0 amide bonds. The van der Waals surface area contributed by atoms with Crippen LogP contribution in [0.5, 0.6) is 11.5 Å². The van der Waals surface area contributed by atoms with E-state index in [1.165, 1.54) is 0 Å². The van der Waals surface area contributed by atoms with Gasteiger partial charge in [0, 0.05) is 26.7 Å². The first-order valence-electron chi connectivity index (χ1n) is 9.69. The summed E-state index contributed by atoms with van der Waals surface area (Å²) >= 11 is 0. The van der Waals surface area contributed by atoms with Crippen molar-refractivity contribution in [3.05, 3.63) is 24.3 Å². The van der Waals surface area contributed by atoms with Crippen molar-refractivity contribution < 1.29 is 18.9 Å². The number of halogens is 1. The van der Waals surface area contributed by atoms with Gasteiger partial charge in [-0.25, -0.2) is 0 Å². The van der Waals surface area contributed by atoms with Crippen LogP contribution in [-0.4, -0.2) is 76.2 Å². The smallest absolute Gasteiger partial charge is 0.193 e. The summed E-state index contributed by atoms with van der Waals surface area (Å²) < 4.78 is 23.1. The van der Waals surface area contributed by atoms with E-state index in [0.29, 0.717) is 13.2 Å². The van der Waals surface area contributed by atoms with Crippen molar-refractivity contribution in [2.75, 3.05) is 47.0 Å². The Labute approximate surface area is 184 Å². The summed E-state index contributed by atoms with van der Waals surface area (Å²) in [4.78, 5) is 6.68. The molecular weight excluding hydrogens is 473 g/mol. The number of morpholine rings is 1. The molecule has 0 aromatic heterocycles. The number of nitrogens with zero attached hydrogens (tertiary/aromatic N) is 2. The summed E-state index contributed by atoms with van der Waals surface area (Å²) in [6.07, 6.45) is 2.48. The van der Waals surface area contributed by atoms with E-state index in [9.17, 15) is 0 Å². The molecule has 0 saturated carbocycles. The molecule has 2 aliphatic rings. The van der Waals surface area contributed by atoms with E-state index in [4.69, 9.17) is 18.9 Å². The van der Waals surface area contributed by atoms with Crippen molar-refractivity contribution in [3.8, 4) is 11.5 Å². The molecule has 0 radical (unpaired) electrons. The quantitative estimate of drug-likeness (QED) is 0.365. The van der Waals surface area contributed by atoms with E-state index in [-0.39, 0.29) is 42.3 Å². The minimum atomic E-state index is -0.0342. The standard InChI is InChI=1S/C20H31N3O4.HI/c1-15(27-18-8-5-4-7-16(18)24-3)13-22-20(21-2)23-10-12-26-19(14-23)17-9-6-11-25-17;/h4-5,7-8,15,17,19H,6,9-14H2,1-3H3,(H,21,22);1H. The fraction of sp³-hybridized carbons (Fsp3) is 0.650. The lowest BCUT2D eigenvalue weighted by atomic mass is 10.1. The van der Waals surface area contributed by atoms with Crippen molar-refractivity contribution in [1.82, 2.24) is 10.2 Å². The molecule has 2 fully saturated rings. The van der Waals surface area contributed by atoms with Crippen LogP contribution in [0.3, 0.4) is 0 Å². The maximum Gasteiger partial charge on any atom is 0.193 e. The zero-order valence-electron chi connectivity index (χ0n) is 16.9. The van der Waals surface area contributed by atoms with Crippen LogP contribution in [0.1, 0.15) is 19.8 Å². The van der Waals surface area contributed by atoms with Gasteiger partial charge < -0.3 is 29.2 Å². The molecule has 0 spiro atoms. The fourth-order valence-electron chi connectivity index (χ4n) is 3.53. The van der Waals surface area contributed by atoms with E-state index in [1.807, 2.05) is 38.2 Å². The fourth-order valence-corrected chi connectivity index (χ4v) is 3.53. The summed E-state index contributed by atoms with van der Waals surface area (Å²) in [7, 11) is 3.46. The highest BCUT2D eigenvalue weighted by Crippen LogP contribution is 2.26. The Morgan fingerprint density at radius 1 is 1.25 bits per heavy atom. The Morgan fingerprint density at radius 2 is 2.00 bits per heavy atom. The second-order valence-corrected chi connectivity index (χ2v) is 6.91. The molecule has 2 aliphatic heterocycles. The van der Waals surface area contributed by atoms with Gasteiger partial charge in [-0.1, -0.05) is 12.1 Å². The van der Waals surface area contributed by atoms with Crippen LogP contribution in [0.2, 0.25) is 0 Å². The van der Waals surface area contributed by atoms with Gasteiger partial charge in [-0.3, -0.25) is 4.99 Å². The molecule has 3 atom stereocenters. The highest BCUT2D eigenvalue weighted by Gasteiger charge is 2.32. The first kappa shape index (κ1) is 23.0. The average Bonchev–Trinajstić information content (AvgIpc) is 3.24. The monoisotopic (exact) mass is 505 g/mol. The van der Waals surface area contributed by atoms with Gasteiger partial charge in [0.05, 0.1) is 26.4 Å². The molecule has 3 unspecified atom stereocenters. The van der Waals surface area contributed by atoms with Crippen molar-refractivity contribution in [2.24, 2.45) is 4.99 Å². The number of hydrogen-bond acceptors (Lipinski definition) is 5. The average molecular weight is 505 g/mol. The largest absolute Gasteiger partial charge is 0.493 e. The topological polar surface area (TPSA) is 64.6 Å². The van der Waals surface area contributed by atoms with E-state index in [2.05, 4.69) is 15.2 Å². The first-order chi connectivity index (χ1) is 13.2. The van der Waals surface area contributed by atoms with Crippen LogP contribution in [0, 0.1) is 0 Å². The molecule has 1 aromatic rings. The lowest BCUT2D eigenvalue weighted by Gasteiger charge is -2.37. The number of rotatable bonds is 6. The summed E-state index contributed by atoms with van der Waals surface area (Å²) in [6.45, 7) is 5.83. The third-order valence-corrected chi connectivity index (χ3v) is 4.93. The highest BCUT2D eigenvalue weighted by atomic mass is 127. The predicted molar refractivity (Wildman–Crippen MR) is 120 cm³/mol. The molecule has 2 saturated heterocycles. The Hall–Kier alpha value is -1.26. The van der Waals surface area contributed by atoms with Crippen molar-refractivity contribution in [2.45, 2.75) is 38.1 Å². The number of hydrogen-bond donors (Lipinski definition) is 1. The molecule has 1 aromatic carbocycles. The van der Waals surface area contributed by atoms with Crippen LogP contribution in [0.4, 0.5) is 0 Å². The molecule has 158 valence electrons. The van der Waals surface area contributed by atoms with Gasteiger partial charge in [-0.15, -0.1) is 24.0 Å². The maximum absolute atomic E-state index is 6.02.